The third-order valence-corrected chi connectivity index (χ3v) is 4.37. The molecule has 1 heterocycles. The fraction of sp³-hybridized carbons (Fsp3) is 0.0952. The first-order chi connectivity index (χ1) is 12.8. The summed E-state index contributed by atoms with van der Waals surface area (Å²) in [4.78, 5) is 37.8. The van der Waals surface area contributed by atoms with E-state index >= 15 is 0 Å². The van der Waals surface area contributed by atoms with Crippen molar-refractivity contribution in [2.24, 2.45) is 5.73 Å². The van der Waals surface area contributed by atoms with Gasteiger partial charge in [-0.05, 0) is 31.5 Å². The molecule has 0 radical (unpaired) electrons. The quantitative estimate of drug-likeness (QED) is 0.696. The van der Waals surface area contributed by atoms with Crippen LogP contribution >= 0.6 is 0 Å². The predicted octanol–water partition coefficient (Wildman–Crippen LogP) is 2.70. The molecule has 0 bridgehead atoms. The van der Waals surface area contributed by atoms with E-state index in [2.05, 4.69) is 0 Å². The molecule has 1 amide bonds. The van der Waals surface area contributed by atoms with Crippen LogP contribution in [0.15, 0.2) is 59.4 Å². The SMILES string of the molecule is CC(=O)c1c(-c2ccccc2)c(C(N)=O)c(N)n(-c2ccc(C)cc2)c1=O. The molecule has 27 heavy (non-hydrogen) atoms. The van der Waals surface area contributed by atoms with Crippen molar-refractivity contribution < 1.29 is 9.59 Å². The van der Waals surface area contributed by atoms with Crippen molar-refractivity contribution in [3.8, 4) is 16.8 Å². The van der Waals surface area contributed by atoms with Crippen molar-refractivity contribution in [1.29, 1.82) is 0 Å². The largest absolute Gasteiger partial charge is 0.384 e. The van der Waals surface area contributed by atoms with Crippen LogP contribution in [0.3, 0.4) is 0 Å². The number of amides is 1. The van der Waals surface area contributed by atoms with Gasteiger partial charge in [0.05, 0.1) is 16.8 Å². The first-order valence-electron chi connectivity index (χ1n) is 8.34. The Labute approximate surface area is 156 Å². The molecule has 0 unspecified atom stereocenters. The van der Waals surface area contributed by atoms with Crippen LogP contribution in [0.5, 0.6) is 0 Å². The Hall–Kier alpha value is -3.67. The topological polar surface area (TPSA) is 108 Å². The number of carbonyl (C=O) groups excluding carboxylic acids is 2. The number of anilines is 1. The van der Waals surface area contributed by atoms with Crippen LogP contribution in [0.1, 0.15) is 33.2 Å². The number of hydrogen-bond acceptors (Lipinski definition) is 4. The second-order valence-corrected chi connectivity index (χ2v) is 6.27. The molecule has 3 rings (SSSR count). The van der Waals surface area contributed by atoms with E-state index in [1.807, 2.05) is 19.1 Å². The van der Waals surface area contributed by atoms with Gasteiger partial charge in [-0.2, -0.15) is 0 Å². The van der Waals surface area contributed by atoms with Gasteiger partial charge in [-0.3, -0.25) is 19.0 Å². The van der Waals surface area contributed by atoms with Gasteiger partial charge in [0.15, 0.2) is 5.78 Å². The van der Waals surface area contributed by atoms with Crippen molar-refractivity contribution in [2.75, 3.05) is 5.73 Å². The molecule has 0 saturated carbocycles. The van der Waals surface area contributed by atoms with Crippen molar-refractivity contribution in [3.63, 3.8) is 0 Å². The highest BCUT2D eigenvalue weighted by Crippen LogP contribution is 2.31. The molecule has 0 fully saturated rings. The van der Waals surface area contributed by atoms with E-state index in [1.54, 1.807) is 42.5 Å². The number of pyridine rings is 1. The number of primary amides is 1. The number of benzene rings is 2. The lowest BCUT2D eigenvalue weighted by Gasteiger charge is -2.19. The highest BCUT2D eigenvalue weighted by atomic mass is 16.2. The van der Waals surface area contributed by atoms with Crippen molar-refractivity contribution in [2.45, 2.75) is 13.8 Å². The van der Waals surface area contributed by atoms with Crippen molar-refractivity contribution in [1.82, 2.24) is 4.57 Å². The molecule has 0 spiro atoms. The van der Waals surface area contributed by atoms with Crippen LogP contribution in [0, 0.1) is 6.92 Å². The number of nitrogens with zero attached hydrogens (tertiary/aromatic N) is 1. The van der Waals surface area contributed by atoms with Crippen molar-refractivity contribution >= 4 is 17.5 Å². The van der Waals surface area contributed by atoms with E-state index in [9.17, 15) is 14.4 Å². The molecule has 0 aliphatic rings. The zero-order valence-corrected chi connectivity index (χ0v) is 15.0. The number of aromatic nitrogens is 1. The summed E-state index contributed by atoms with van der Waals surface area (Å²) in [6, 6.07) is 15.7. The molecule has 6 nitrogen and oxygen atoms in total. The molecule has 0 saturated heterocycles. The highest BCUT2D eigenvalue weighted by Gasteiger charge is 2.27. The minimum Gasteiger partial charge on any atom is -0.384 e. The Morgan fingerprint density at radius 1 is 0.926 bits per heavy atom. The Morgan fingerprint density at radius 3 is 2.04 bits per heavy atom. The molecule has 136 valence electrons. The summed E-state index contributed by atoms with van der Waals surface area (Å²) < 4.78 is 1.16. The predicted molar refractivity (Wildman–Crippen MR) is 105 cm³/mol. The van der Waals surface area contributed by atoms with Crippen molar-refractivity contribution in [3.05, 3.63) is 81.6 Å². The molecule has 2 aromatic carbocycles. The average Bonchev–Trinajstić information content (AvgIpc) is 2.62. The zero-order chi connectivity index (χ0) is 19.7. The Kier molecular flexibility index (Phi) is 4.64. The molecule has 0 aliphatic heterocycles. The lowest BCUT2D eigenvalue weighted by atomic mass is 9.93. The molecule has 3 aromatic rings. The molecular formula is C21H19N3O3. The second-order valence-electron chi connectivity index (χ2n) is 6.27. The number of nitrogens with two attached hydrogens (primary N) is 2. The van der Waals surface area contributed by atoms with Crippen LogP contribution in [-0.2, 0) is 0 Å². The fourth-order valence-corrected chi connectivity index (χ4v) is 3.11. The molecule has 0 atom stereocenters. The van der Waals surface area contributed by atoms with Gasteiger partial charge < -0.3 is 11.5 Å². The van der Waals surface area contributed by atoms with Crippen LogP contribution in [0.25, 0.3) is 16.8 Å². The van der Waals surface area contributed by atoms with Gasteiger partial charge in [0.1, 0.15) is 5.82 Å². The van der Waals surface area contributed by atoms with E-state index in [1.165, 1.54) is 6.92 Å². The van der Waals surface area contributed by atoms with E-state index in [0.717, 1.165) is 10.1 Å². The summed E-state index contributed by atoms with van der Waals surface area (Å²) in [5, 5.41) is 0. The molecule has 6 heteroatoms. The molecule has 1 aromatic heterocycles. The number of ketones is 1. The summed E-state index contributed by atoms with van der Waals surface area (Å²) in [7, 11) is 0. The van der Waals surface area contributed by atoms with Crippen LogP contribution in [0.2, 0.25) is 0 Å². The zero-order valence-electron chi connectivity index (χ0n) is 15.0. The number of rotatable bonds is 4. The number of aryl methyl sites for hydroxylation is 1. The van der Waals surface area contributed by atoms with E-state index in [4.69, 9.17) is 11.5 Å². The number of carbonyl (C=O) groups is 2. The second kappa shape index (κ2) is 6.92. The summed E-state index contributed by atoms with van der Waals surface area (Å²) in [5.41, 5.74) is 13.2. The normalized spacial score (nSPS) is 10.6. The summed E-state index contributed by atoms with van der Waals surface area (Å²) >= 11 is 0. The minimum absolute atomic E-state index is 0.0495. The van der Waals surface area contributed by atoms with Gasteiger partial charge in [-0.25, -0.2) is 0 Å². The maximum Gasteiger partial charge on any atom is 0.268 e. The maximum atomic E-state index is 13.2. The molecular weight excluding hydrogens is 342 g/mol. The van der Waals surface area contributed by atoms with Gasteiger partial charge in [0, 0.05) is 5.56 Å². The Morgan fingerprint density at radius 2 is 1.52 bits per heavy atom. The number of Topliss-reactive ketones (excluding diaryl/α,β-unsaturated/α-hetero) is 1. The van der Waals surface area contributed by atoms with Gasteiger partial charge in [-0.1, -0.05) is 48.0 Å². The minimum atomic E-state index is -0.810. The average molecular weight is 361 g/mol. The first-order valence-corrected chi connectivity index (χ1v) is 8.34. The fourth-order valence-electron chi connectivity index (χ4n) is 3.11. The van der Waals surface area contributed by atoms with Crippen LogP contribution in [0.4, 0.5) is 5.82 Å². The Bertz CT molecular complexity index is 1100. The van der Waals surface area contributed by atoms with E-state index in [-0.39, 0.29) is 22.5 Å². The summed E-state index contributed by atoms with van der Waals surface area (Å²) in [5.74, 6) is -1.38. The lowest BCUT2D eigenvalue weighted by Crippen LogP contribution is -2.32. The summed E-state index contributed by atoms with van der Waals surface area (Å²) in [6.07, 6.45) is 0. The van der Waals surface area contributed by atoms with E-state index in [0.29, 0.717) is 11.3 Å². The third kappa shape index (κ3) is 3.13. The van der Waals surface area contributed by atoms with Crippen LogP contribution < -0.4 is 17.0 Å². The first kappa shape index (κ1) is 18.1. The monoisotopic (exact) mass is 361 g/mol. The Balaban J connectivity index is 2.50. The molecule has 4 N–H and O–H groups in total. The van der Waals surface area contributed by atoms with E-state index < -0.39 is 17.2 Å². The van der Waals surface area contributed by atoms with Gasteiger partial charge in [0.25, 0.3) is 11.5 Å². The molecule has 0 aliphatic carbocycles. The number of nitrogen functional groups attached to an aromatic ring is 1. The summed E-state index contributed by atoms with van der Waals surface area (Å²) in [6.45, 7) is 3.19. The number of hydrogen-bond donors (Lipinski definition) is 2. The van der Waals surface area contributed by atoms with Crippen LogP contribution in [-0.4, -0.2) is 16.3 Å². The smallest absolute Gasteiger partial charge is 0.268 e. The highest BCUT2D eigenvalue weighted by molar-refractivity contribution is 6.11. The van der Waals surface area contributed by atoms with Gasteiger partial charge in [-0.15, -0.1) is 0 Å². The third-order valence-electron chi connectivity index (χ3n) is 4.37. The standard InChI is InChI=1S/C21H19N3O3/c1-12-8-10-15(11-9-12)24-19(22)18(20(23)26)17(14-6-4-3-5-7-14)16(13(2)25)21(24)27/h3-11H,22H2,1-2H3,(H2,23,26). The van der Waals surface area contributed by atoms with Gasteiger partial charge >= 0.3 is 0 Å². The van der Waals surface area contributed by atoms with Gasteiger partial charge in [0.2, 0.25) is 0 Å². The lowest BCUT2D eigenvalue weighted by molar-refractivity contribution is 0.100. The maximum absolute atomic E-state index is 13.2.